The van der Waals surface area contributed by atoms with Crippen LogP contribution >= 0.6 is 0 Å². The molecule has 12 rings (SSSR count). The minimum Gasteiger partial charge on any atom is -0.456 e. The predicted octanol–water partition coefficient (Wildman–Crippen LogP) is 14.9. The normalized spacial score (nSPS) is 11.5. The standard InChI is InChI=1S/C57H36N4O/c1-4-13-37(14-5-1)39-23-25-41(26-24-39)44-19-12-20-46(33-44)61-51-22-11-10-21-47(51)49-36-54-50(35-52(49)61)48-32-31-45(34-53(48)62-54)57-59-55(42-17-8-3-9-18-42)58-56(60-57)43-29-27-40(28-30-43)38-15-6-2-7-16-38/h1-36H. The first-order valence-electron chi connectivity index (χ1n) is 20.8. The Labute approximate surface area is 357 Å². The fourth-order valence-electron chi connectivity index (χ4n) is 8.76. The van der Waals surface area contributed by atoms with Gasteiger partial charge in [0.2, 0.25) is 0 Å². The van der Waals surface area contributed by atoms with Crippen molar-refractivity contribution in [1.29, 1.82) is 0 Å². The van der Waals surface area contributed by atoms with E-state index in [1.165, 1.54) is 22.1 Å². The maximum atomic E-state index is 6.71. The summed E-state index contributed by atoms with van der Waals surface area (Å²) in [6.07, 6.45) is 0. The molecule has 3 aromatic heterocycles. The maximum absolute atomic E-state index is 6.71. The maximum Gasteiger partial charge on any atom is 0.164 e. The fraction of sp³-hybridized carbons (Fsp3) is 0. The number of rotatable bonds is 7. The molecule has 0 bridgehead atoms. The van der Waals surface area contributed by atoms with Crippen molar-refractivity contribution in [1.82, 2.24) is 19.5 Å². The summed E-state index contributed by atoms with van der Waals surface area (Å²) in [5, 5.41) is 4.39. The molecule has 12 aromatic rings. The Morgan fingerprint density at radius 2 is 0.742 bits per heavy atom. The number of fused-ring (bicyclic) bond motifs is 6. The summed E-state index contributed by atoms with van der Waals surface area (Å²) in [5.41, 5.74) is 14.7. The van der Waals surface area contributed by atoms with Crippen molar-refractivity contribution in [3.63, 3.8) is 0 Å². The van der Waals surface area contributed by atoms with E-state index in [2.05, 4.69) is 187 Å². The third kappa shape index (κ3) is 6.23. The van der Waals surface area contributed by atoms with Gasteiger partial charge in [0.15, 0.2) is 17.5 Å². The largest absolute Gasteiger partial charge is 0.456 e. The van der Waals surface area contributed by atoms with E-state index in [9.17, 15) is 0 Å². The van der Waals surface area contributed by atoms with E-state index in [0.29, 0.717) is 17.5 Å². The van der Waals surface area contributed by atoms with Crippen LogP contribution in [0, 0.1) is 0 Å². The van der Waals surface area contributed by atoms with Gasteiger partial charge in [0, 0.05) is 43.9 Å². The molecule has 0 saturated heterocycles. The number of benzene rings is 9. The Bertz CT molecular complexity index is 3590. The van der Waals surface area contributed by atoms with Crippen LogP contribution in [-0.2, 0) is 0 Å². The number of hydrogen-bond acceptors (Lipinski definition) is 4. The van der Waals surface area contributed by atoms with E-state index in [-0.39, 0.29) is 0 Å². The molecule has 5 nitrogen and oxygen atoms in total. The van der Waals surface area contributed by atoms with E-state index < -0.39 is 0 Å². The van der Waals surface area contributed by atoms with Crippen LogP contribution < -0.4 is 0 Å². The topological polar surface area (TPSA) is 56.7 Å². The van der Waals surface area contributed by atoms with Crippen LogP contribution in [0.4, 0.5) is 0 Å². The van der Waals surface area contributed by atoms with Crippen LogP contribution in [0.15, 0.2) is 223 Å². The number of nitrogens with zero attached hydrogens (tertiary/aromatic N) is 4. The monoisotopic (exact) mass is 792 g/mol. The van der Waals surface area contributed by atoms with Gasteiger partial charge in [-0.2, -0.15) is 0 Å². The van der Waals surface area contributed by atoms with Gasteiger partial charge in [0.1, 0.15) is 11.2 Å². The lowest BCUT2D eigenvalue weighted by Crippen LogP contribution is -2.00. The fourth-order valence-corrected chi connectivity index (χ4v) is 8.76. The molecule has 0 spiro atoms. The smallest absolute Gasteiger partial charge is 0.164 e. The van der Waals surface area contributed by atoms with Crippen LogP contribution in [-0.4, -0.2) is 19.5 Å². The molecule has 0 fully saturated rings. The molecule has 62 heavy (non-hydrogen) atoms. The lowest BCUT2D eigenvalue weighted by Gasteiger charge is -2.11. The first-order valence-corrected chi connectivity index (χ1v) is 20.8. The van der Waals surface area contributed by atoms with Crippen LogP contribution in [0.3, 0.4) is 0 Å². The van der Waals surface area contributed by atoms with Gasteiger partial charge < -0.3 is 8.98 Å². The minimum atomic E-state index is 0.584. The van der Waals surface area contributed by atoms with Crippen molar-refractivity contribution in [2.45, 2.75) is 0 Å². The Balaban J connectivity index is 0.954. The number of aromatic nitrogens is 4. The van der Waals surface area contributed by atoms with Crippen molar-refractivity contribution in [3.8, 4) is 73.2 Å². The summed E-state index contributed by atoms with van der Waals surface area (Å²) in [6.45, 7) is 0. The third-order valence-electron chi connectivity index (χ3n) is 11.9. The van der Waals surface area contributed by atoms with Crippen molar-refractivity contribution in [2.75, 3.05) is 0 Å². The van der Waals surface area contributed by atoms with Crippen LogP contribution in [0.1, 0.15) is 0 Å². The molecule has 9 aromatic carbocycles. The third-order valence-corrected chi connectivity index (χ3v) is 11.9. The molecule has 5 heteroatoms. The second kappa shape index (κ2) is 14.7. The number of furan rings is 1. The van der Waals surface area contributed by atoms with Gasteiger partial charge in [0.25, 0.3) is 0 Å². The molecule has 0 atom stereocenters. The highest BCUT2D eigenvalue weighted by Gasteiger charge is 2.19. The Kier molecular flexibility index (Phi) is 8.42. The molecule has 0 aliphatic carbocycles. The van der Waals surface area contributed by atoms with Crippen LogP contribution in [0.25, 0.3) is 117 Å². The summed E-state index contributed by atoms with van der Waals surface area (Å²) in [7, 11) is 0. The second-order valence-corrected chi connectivity index (χ2v) is 15.6. The molecule has 0 unspecified atom stereocenters. The van der Waals surface area contributed by atoms with E-state index in [0.717, 1.165) is 77.4 Å². The highest BCUT2D eigenvalue weighted by Crippen LogP contribution is 2.40. The van der Waals surface area contributed by atoms with Gasteiger partial charge in [-0.15, -0.1) is 0 Å². The van der Waals surface area contributed by atoms with Gasteiger partial charge in [-0.25, -0.2) is 15.0 Å². The van der Waals surface area contributed by atoms with Gasteiger partial charge in [0.05, 0.1) is 11.0 Å². The molecule has 290 valence electrons. The van der Waals surface area contributed by atoms with E-state index in [1.54, 1.807) is 0 Å². The summed E-state index contributed by atoms with van der Waals surface area (Å²) in [6, 6.07) is 76.4. The first kappa shape index (κ1) is 35.5. The molecule has 0 aliphatic heterocycles. The highest BCUT2D eigenvalue weighted by atomic mass is 16.3. The molecular weight excluding hydrogens is 757 g/mol. The van der Waals surface area contributed by atoms with Gasteiger partial charge in [-0.3, -0.25) is 0 Å². The Morgan fingerprint density at radius 3 is 1.39 bits per heavy atom. The van der Waals surface area contributed by atoms with Crippen molar-refractivity contribution in [2.24, 2.45) is 0 Å². The molecular formula is C57H36N4O. The molecule has 0 amide bonds. The summed E-state index contributed by atoms with van der Waals surface area (Å²) < 4.78 is 9.09. The van der Waals surface area contributed by atoms with Gasteiger partial charge >= 0.3 is 0 Å². The zero-order chi connectivity index (χ0) is 41.0. The molecule has 3 heterocycles. The summed E-state index contributed by atoms with van der Waals surface area (Å²) in [5.74, 6) is 1.81. The molecule has 0 N–H and O–H groups in total. The zero-order valence-electron chi connectivity index (χ0n) is 33.5. The molecule has 0 aliphatic rings. The second-order valence-electron chi connectivity index (χ2n) is 15.6. The zero-order valence-corrected chi connectivity index (χ0v) is 33.5. The lowest BCUT2D eigenvalue weighted by atomic mass is 10.00. The SMILES string of the molecule is c1ccc(-c2ccc(-c3cccc(-n4c5ccccc5c5cc6oc7cc(-c8nc(-c9ccccc9)nc(-c9ccc(-c%10ccccc%10)cc9)n8)ccc7c6cc54)c3)cc2)cc1. The van der Waals surface area contributed by atoms with Crippen molar-refractivity contribution < 1.29 is 4.42 Å². The average Bonchev–Trinajstić information content (AvgIpc) is 3.88. The van der Waals surface area contributed by atoms with Crippen LogP contribution in [0.2, 0.25) is 0 Å². The van der Waals surface area contributed by atoms with Crippen molar-refractivity contribution in [3.05, 3.63) is 218 Å². The molecule has 0 saturated carbocycles. The van der Waals surface area contributed by atoms with E-state index >= 15 is 0 Å². The quantitative estimate of drug-likeness (QED) is 0.161. The first-order chi connectivity index (χ1) is 30.7. The Morgan fingerprint density at radius 1 is 0.274 bits per heavy atom. The van der Waals surface area contributed by atoms with Gasteiger partial charge in [-0.05, 0) is 75.8 Å². The van der Waals surface area contributed by atoms with E-state index in [4.69, 9.17) is 19.4 Å². The molecule has 0 radical (unpaired) electrons. The minimum absolute atomic E-state index is 0.584. The van der Waals surface area contributed by atoms with Gasteiger partial charge in [-0.1, -0.05) is 176 Å². The average molecular weight is 793 g/mol. The Hall–Kier alpha value is -8.41. The lowest BCUT2D eigenvalue weighted by molar-refractivity contribution is 0.669. The highest BCUT2D eigenvalue weighted by molar-refractivity contribution is 6.17. The number of para-hydroxylation sites is 1. The summed E-state index contributed by atoms with van der Waals surface area (Å²) in [4.78, 5) is 15.1. The predicted molar refractivity (Wildman–Crippen MR) is 254 cm³/mol. The summed E-state index contributed by atoms with van der Waals surface area (Å²) >= 11 is 0. The van der Waals surface area contributed by atoms with Crippen molar-refractivity contribution >= 4 is 43.7 Å². The number of hydrogen-bond donors (Lipinski definition) is 0. The van der Waals surface area contributed by atoms with Crippen LogP contribution in [0.5, 0.6) is 0 Å². The van der Waals surface area contributed by atoms with E-state index in [1.807, 2.05) is 36.4 Å².